The van der Waals surface area contributed by atoms with Gasteiger partial charge in [0.2, 0.25) is 0 Å². The highest BCUT2D eigenvalue weighted by molar-refractivity contribution is 6.29. The second-order valence-electron chi connectivity index (χ2n) is 37.9. The van der Waals surface area contributed by atoms with Crippen LogP contribution >= 0.6 is 0 Å². The maximum atomic E-state index is 5.35. The van der Waals surface area contributed by atoms with Crippen molar-refractivity contribution in [3.05, 3.63) is 546 Å². The lowest BCUT2D eigenvalue weighted by Crippen LogP contribution is -2.03. The molecule has 30 aromatic rings. The van der Waals surface area contributed by atoms with Gasteiger partial charge in [0.25, 0.3) is 0 Å². The number of aromatic nitrogens is 12. The van der Waals surface area contributed by atoms with Crippen molar-refractivity contribution < 1.29 is 0 Å². The molecule has 0 fully saturated rings. The van der Waals surface area contributed by atoms with Crippen LogP contribution in [0.15, 0.2) is 546 Å². The SMILES string of the molecule is c1ccc(-c2ccc3c(c2)c2ccc4c(c5ccccc5n4-c4ccccc4)c2n3-c2cc(-c3ccccc3)nc(-c3ccccc3)n2)cc1.c1ccc(-c2cccc(-c3cc(-n4c5ccccc5c5ccc6c(c7ccccc7n6-c6ccccc6)c54)nc(-c4ccccc4)n3)c2)cc1.c1ccc(-c2cccc(-n3c4ccccc4c4c3ccc3c5ccccc5n(-c5cc(-c6ccccc6)nc(-c6ccccc6)n5)c34)c2)cc1. The van der Waals surface area contributed by atoms with E-state index in [2.05, 4.69) is 507 Å². The molecule has 0 unspecified atom stereocenters. The fourth-order valence-corrected chi connectivity index (χ4v) is 22.5. The molecule has 9 aromatic heterocycles. The molecule has 0 amide bonds. The third-order valence-corrected chi connectivity index (χ3v) is 29.2. The van der Waals surface area contributed by atoms with E-state index in [0.29, 0.717) is 17.5 Å². The van der Waals surface area contributed by atoms with Crippen LogP contribution < -0.4 is 0 Å². The van der Waals surface area contributed by atoms with Crippen LogP contribution in [0.25, 0.3) is 267 Å². The van der Waals surface area contributed by atoms with Gasteiger partial charge < -0.3 is 13.7 Å². The predicted molar refractivity (Wildman–Crippen MR) is 621 cm³/mol. The number of hydrogen-bond acceptors (Lipinski definition) is 6. The summed E-state index contributed by atoms with van der Waals surface area (Å²) in [4.78, 5) is 31.4. The predicted octanol–water partition coefficient (Wildman–Crippen LogP) is 35.0. The van der Waals surface area contributed by atoms with E-state index in [1.165, 1.54) is 103 Å². The highest BCUT2D eigenvalue weighted by Gasteiger charge is 2.29. The third-order valence-electron chi connectivity index (χ3n) is 29.2. The van der Waals surface area contributed by atoms with Crippen LogP contribution in [-0.4, -0.2) is 57.3 Å². The molecule has 0 aliphatic carbocycles. The third kappa shape index (κ3) is 15.2. The van der Waals surface area contributed by atoms with Crippen molar-refractivity contribution in [2.45, 2.75) is 0 Å². The minimum Gasteiger partial charge on any atom is -0.309 e. The average molecular weight is 1920 g/mol. The van der Waals surface area contributed by atoms with E-state index in [4.69, 9.17) is 29.9 Å². The highest BCUT2D eigenvalue weighted by atomic mass is 15.1. The first-order valence-electron chi connectivity index (χ1n) is 50.8. The topological polar surface area (TPSA) is 107 Å². The second-order valence-corrected chi connectivity index (χ2v) is 37.9. The Bertz CT molecular complexity index is 10300. The molecular formula is C138H90N12. The van der Waals surface area contributed by atoms with E-state index in [1.807, 2.05) is 66.7 Å². The van der Waals surface area contributed by atoms with Gasteiger partial charge in [-0.05, 0) is 137 Å². The number of nitrogens with zero attached hydrogens (tertiary/aromatic N) is 12. The Hall–Kier alpha value is -20.3. The Kier molecular flexibility index (Phi) is 21.6. The molecule has 0 saturated heterocycles. The molecule has 9 heterocycles. The lowest BCUT2D eigenvalue weighted by molar-refractivity contribution is 1.05. The zero-order valence-electron chi connectivity index (χ0n) is 81.3. The molecule has 21 aromatic carbocycles. The fraction of sp³-hybridized carbons (Fsp3) is 0. The quantitative estimate of drug-likeness (QED) is 0.101. The van der Waals surface area contributed by atoms with Gasteiger partial charge in [0.05, 0.1) is 83.3 Å². The summed E-state index contributed by atoms with van der Waals surface area (Å²) in [6, 6.07) is 193. The lowest BCUT2D eigenvalue weighted by Gasteiger charge is -2.13. The smallest absolute Gasteiger partial charge is 0.162 e. The van der Waals surface area contributed by atoms with Crippen molar-refractivity contribution in [1.29, 1.82) is 0 Å². The van der Waals surface area contributed by atoms with Crippen LogP contribution in [0, 0.1) is 0 Å². The van der Waals surface area contributed by atoms with Crippen molar-refractivity contribution in [2.24, 2.45) is 0 Å². The van der Waals surface area contributed by atoms with Gasteiger partial charge in [0.15, 0.2) is 17.5 Å². The van der Waals surface area contributed by atoms with Crippen molar-refractivity contribution in [2.75, 3.05) is 0 Å². The largest absolute Gasteiger partial charge is 0.309 e. The molecule has 0 spiro atoms. The van der Waals surface area contributed by atoms with Crippen LogP contribution in [0.1, 0.15) is 0 Å². The number of fused-ring (bicyclic) bond motifs is 21. The number of para-hydroxylation sites is 7. The standard InChI is InChI=1S/3C46H30N4/c1-5-15-31(16-6-1)34-25-27-41-38(29-34)36-26-28-42-44(37-23-13-14-24-40(37)49(42)35-21-11-4-12-22-35)45(36)50(41)43-30-39(32-17-7-2-8-18-32)47-46(48-43)33-19-9-3-10-20-33;1-4-15-31(16-5-1)33-19-14-20-34(29-33)39-30-43(48-46(47-39)32-17-6-2-7-18-32)50-40-25-12-10-23-36(40)37-27-28-42-44(45(37)50)38-24-11-13-26-41(38)49(42)35-21-8-3-9-22-35;1-4-15-31(16-5-1)34-21-14-22-35(29-34)49-41-26-13-11-24-38(41)44-42(49)28-27-37-36-23-10-12-25-40(36)50(45(37)44)43-30-39(32-17-6-2-7-18-32)47-46(48-43)33-19-8-3-9-20-33/h3*1-30H. The Morgan fingerprint density at radius 2 is 0.360 bits per heavy atom. The second kappa shape index (κ2) is 37.1. The Balaban J connectivity index is 0.000000108. The van der Waals surface area contributed by atoms with Gasteiger partial charge >= 0.3 is 0 Å². The minimum atomic E-state index is 0.688. The van der Waals surface area contributed by atoms with Gasteiger partial charge in [-0.3, -0.25) is 13.7 Å². The summed E-state index contributed by atoms with van der Waals surface area (Å²) < 4.78 is 14.2. The minimum absolute atomic E-state index is 0.688. The number of rotatable bonds is 15. The summed E-state index contributed by atoms with van der Waals surface area (Å²) in [5.41, 5.74) is 32.8. The first-order chi connectivity index (χ1) is 74.4. The van der Waals surface area contributed by atoms with Crippen molar-refractivity contribution in [3.63, 3.8) is 0 Å². The van der Waals surface area contributed by atoms with Gasteiger partial charge in [-0.1, -0.05) is 425 Å². The van der Waals surface area contributed by atoms with Crippen LogP contribution in [0.4, 0.5) is 0 Å². The summed E-state index contributed by atoms with van der Waals surface area (Å²) in [6.07, 6.45) is 0. The molecule has 0 saturated carbocycles. The van der Waals surface area contributed by atoms with Crippen molar-refractivity contribution in [3.8, 4) is 136 Å². The van der Waals surface area contributed by atoms with E-state index in [0.717, 1.165) is 146 Å². The molecule has 0 atom stereocenters. The van der Waals surface area contributed by atoms with Crippen LogP contribution in [0.3, 0.4) is 0 Å². The van der Waals surface area contributed by atoms with Crippen molar-refractivity contribution >= 4 is 131 Å². The zero-order valence-corrected chi connectivity index (χ0v) is 81.3. The molecule has 0 radical (unpaired) electrons. The van der Waals surface area contributed by atoms with E-state index >= 15 is 0 Å². The van der Waals surface area contributed by atoms with Gasteiger partial charge in [-0.2, -0.15) is 0 Å². The zero-order chi connectivity index (χ0) is 99.1. The maximum Gasteiger partial charge on any atom is 0.162 e. The number of hydrogen-bond donors (Lipinski definition) is 0. The first-order valence-corrected chi connectivity index (χ1v) is 50.8. The molecule has 0 bridgehead atoms. The maximum absolute atomic E-state index is 5.35. The van der Waals surface area contributed by atoms with Crippen LogP contribution in [0.2, 0.25) is 0 Å². The molecule has 12 heteroatoms. The Labute approximate surface area is 863 Å². The Morgan fingerprint density at radius 3 is 0.720 bits per heavy atom. The highest BCUT2D eigenvalue weighted by Crippen LogP contribution is 2.49. The van der Waals surface area contributed by atoms with Gasteiger partial charge in [-0.15, -0.1) is 0 Å². The lowest BCUT2D eigenvalue weighted by atomic mass is 10.0. The van der Waals surface area contributed by atoms with E-state index in [1.54, 1.807) is 0 Å². The number of benzene rings is 21. The summed E-state index contributed by atoms with van der Waals surface area (Å²) in [5.74, 6) is 4.56. The molecule has 30 rings (SSSR count). The summed E-state index contributed by atoms with van der Waals surface area (Å²) in [6.45, 7) is 0. The van der Waals surface area contributed by atoms with E-state index in [-0.39, 0.29) is 0 Å². The van der Waals surface area contributed by atoms with Gasteiger partial charge in [-0.25, -0.2) is 29.9 Å². The summed E-state index contributed by atoms with van der Waals surface area (Å²) in [5, 5.41) is 14.3. The van der Waals surface area contributed by atoms with Crippen LogP contribution in [-0.2, 0) is 0 Å². The van der Waals surface area contributed by atoms with Gasteiger partial charge in [0, 0.05) is 133 Å². The monoisotopic (exact) mass is 1910 g/mol. The molecular weight excluding hydrogens is 1830 g/mol. The molecule has 12 nitrogen and oxygen atoms in total. The Morgan fingerprint density at radius 1 is 0.120 bits per heavy atom. The van der Waals surface area contributed by atoms with E-state index in [9.17, 15) is 0 Å². The molecule has 0 N–H and O–H groups in total. The van der Waals surface area contributed by atoms with Crippen LogP contribution in [0.5, 0.6) is 0 Å². The van der Waals surface area contributed by atoms with Gasteiger partial charge in [0.1, 0.15) is 17.5 Å². The molecule has 0 aliphatic rings. The van der Waals surface area contributed by atoms with E-state index < -0.39 is 0 Å². The molecule has 702 valence electrons. The molecule has 0 aliphatic heterocycles. The fourth-order valence-electron chi connectivity index (χ4n) is 22.5. The summed E-state index contributed by atoms with van der Waals surface area (Å²) in [7, 11) is 0. The molecule has 150 heavy (non-hydrogen) atoms. The first kappa shape index (κ1) is 87.5. The average Bonchev–Trinajstić information content (AvgIpc) is 1.60. The summed E-state index contributed by atoms with van der Waals surface area (Å²) >= 11 is 0. The normalized spacial score (nSPS) is 11.6. The van der Waals surface area contributed by atoms with Crippen molar-refractivity contribution in [1.82, 2.24) is 57.3 Å².